The molecule has 0 aromatic heterocycles. The van der Waals surface area contributed by atoms with Crippen LogP contribution in [0.1, 0.15) is 45.8 Å². The number of nitrogens with one attached hydrogen (secondary N) is 1. The van der Waals surface area contributed by atoms with E-state index >= 15 is 9.18 Å². The summed E-state index contributed by atoms with van der Waals surface area (Å²) >= 11 is 0. The number of imide groups is 2. The largest absolute Gasteiger partial charge is 0.505 e. The van der Waals surface area contributed by atoms with Crippen molar-refractivity contribution in [2.45, 2.75) is 31.1 Å². The van der Waals surface area contributed by atoms with Crippen molar-refractivity contribution in [1.82, 2.24) is 5.01 Å². The molecule has 0 spiro atoms. The number of halogens is 1. The van der Waals surface area contributed by atoms with Crippen molar-refractivity contribution >= 4 is 41.0 Å². The second-order valence-corrected chi connectivity index (χ2v) is 13.6. The molecule has 0 radical (unpaired) electrons. The number of hydrogen-bond acceptors (Lipinski definition) is 7. The smallest absolute Gasteiger partial charge is 0.335 e. The molecule has 2 heterocycles. The van der Waals surface area contributed by atoms with E-state index in [0.717, 1.165) is 21.5 Å². The van der Waals surface area contributed by atoms with Crippen LogP contribution in [0.25, 0.3) is 0 Å². The fraction of sp³-hybridized carbons (Fsp3) is 0.225. The van der Waals surface area contributed by atoms with Crippen LogP contribution in [0.3, 0.4) is 0 Å². The highest BCUT2D eigenvalue weighted by Gasteiger charge is 2.70. The van der Waals surface area contributed by atoms with E-state index in [1.54, 1.807) is 48.5 Å². The van der Waals surface area contributed by atoms with E-state index in [2.05, 4.69) is 5.43 Å². The zero-order valence-corrected chi connectivity index (χ0v) is 27.3. The highest BCUT2D eigenvalue weighted by molar-refractivity contribution is 6.23. The third-order valence-electron chi connectivity index (χ3n) is 11.1. The Balaban J connectivity index is 1.31. The lowest BCUT2D eigenvalue weighted by molar-refractivity contribution is -0.138. The number of para-hydroxylation sites is 1. The summed E-state index contributed by atoms with van der Waals surface area (Å²) in [6.07, 6.45) is 1.91. The molecule has 4 aromatic rings. The second kappa shape index (κ2) is 11.8. The minimum absolute atomic E-state index is 0.00709. The van der Waals surface area contributed by atoms with Gasteiger partial charge in [-0.2, -0.15) is 5.01 Å². The molecule has 2 aliphatic carbocycles. The quantitative estimate of drug-likeness (QED) is 0.173. The molecule has 6 unspecified atom stereocenters. The number of hydrazine groups is 1. The summed E-state index contributed by atoms with van der Waals surface area (Å²) in [6.45, 7) is 1.91. The van der Waals surface area contributed by atoms with Crippen molar-refractivity contribution in [3.63, 3.8) is 0 Å². The van der Waals surface area contributed by atoms with Crippen LogP contribution in [0, 0.1) is 36.4 Å². The number of amides is 4. The van der Waals surface area contributed by atoms with Gasteiger partial charge in [-0.1, -0.05) is 77.9 Å². The molecule has 4 amide bonds. The van der Waals surface area contributed by atoms with Gasteiger partial charge >= 0.3 is 5.97 Å². The Morgan fingerprint density at radius 3 is 2.31 bits per heavy atom. The summed E-state index contributed by atoms with van der Waals surface area (Å²) in [6, 6.07) is 25.6. The Labute approximate surface area is 291 Å². The first-order valence-electron chi connectivity index (χ1n) is 16.7. The number of hydrogen-bond donors (Lipinski definition) is 3. The molecule has 6 atom stereocenters. The molecule has 11 heteroatoms. The number of fused-ring (bicyclic) bond motifs is 4. The number of nitrogens with zero attached hydrogens (tertiary/aromatic N) is 2. The Hall–Kier alpha value is -6.10. The van der Waals surface area contributed by atoms with Gasteiger partial charge in [0.1, 0.15) is 0 Å². The Kier molecular flexibility index (Phi) is 7.41. The van der Waals surface area contributed by atoms with E-state index < -0.39 is 76.2 Å². The van der Waals surface area contributed by atoms with Gasteiger partial charge in [0.15, 0.2) is 11.6 Å². The van der Waals surface area contributed by atoms with Crippen molar-refractivity contribution < 1.29 is 38.6 Å². The highest BCUT2D eigenvalue weighted by Crippen LogP contribution is 2.65. The van der Waals surface area contributed by atoms with Crippen LogP contribution in [0.5, 0.6) is 5.75 Å². The van der Waals surface area contributed by atoms with E-state index in [-0.39, 0.29) is 29.7 Å². The SMILES string of the molecule is Cc1ccc(NN2C(=O)C3CC4C(=CCC5C(=O)N(c6cccc(C(=O)O)c6)C(=O)C54)C(c4cccc(F)c4O)C3(c3ccccc3)C2=O)cc1. The van der Waals surface area contributed by atoms with Crippen molar-refractivity contribution in [3.05, 3.63) is 137 Å². The summed E-state index contributed by atoms with van der Waals surface area (Å²) in [5.74, 6) is -9.73. The van der Waals surface area contributed by atoms with Gasteiger partial charge in [-0.05, 0) is 67.6 Å². The third-order valence-corrected chi connectivity index (χ3v) is 11.1. The molecular weight excluding hydrogens is 653 g/mol. The van der Waals surface area contributed by atoms with E-state index in [9.17, 15) is 29.4 Å². The first-order valence-corrected chi connectivity index (χ1v) is 16.7. The number of phenols is 1. The van der Waals surface area contributed by atoms with Gasteiger partial charge in [0, 0.05) is 11.5 Å². The topological polar surface area (TPSA) is 144 Å². The van der Waals surface area contributed by atoms with Gasteiger partial charge in [-0.3, -0.25) is 29.5 Å². The van der Waals surface area contributed by atoms with Crippen LogP contribution < -0.4 is 10.3 Å². The van der Waals surface area contributed by atoms with Crippen LogP contribution in [0.2, 0.25) is 0 Å². The van der Waals surface area contributed by atoms with E-state index in [1.165, 1.54) is 36.4 Å². The van der Waals surface area contributed by atoms with Crippen LogP contribution in [0.15, 0.2) is 109 Å². The average molecular weight is 686 g/mol. The number of phenolic OH excluding ortho intramolecular Hbond substituents is 1. The average Bonchev–Trinajstić information content (AvgIpc) is 3.51. The maximum absolute atomic E-state index is 15.3. The lowest BCUT2D eigenvalue weighted by Crippen LogP contribution is -2.53. The summed E-state index contributed by atoms with van der Waals surface area (Å²) in [5, 5.41) is 21.9. The predicted molar refractivity (Wildman–Crippen MR) is 183 cm³/mol. The molecule has 2 saturated heterocycles. The number of anilines is 2. The number of carboxylic acids is 1. The normalized spacial score (nSPS) is 26.8. The van der Waals surface area contributed by atoms with Crippen molar-refractivity contribution in [3.8, 4) is 5.75 Å². The van der Waals surface area contributed by atoms with E-state index in [4.69, 9.17) is 0 Å². The zero-order chi connectivity index (χ0) is 35.8. The summed E-state index contributed by atoms with van der Waals surface area (Å²) in [7, 11) is 0. The number of allylic oxidation sites excluding steroid dienone is 2. The van der Waals surface area contributed by atoms with Crippen molar-refractivity contribution in [2.75, 3.05) is 10.3 Å². The van der Waals surface area contributed by atoms with Crippen LogP contribution >= 0.6 is 0 Å². The van der Waals surface area contributed by atoms with Gasteiger partial charge in [-0.15, -0.1) is 0 Å². The van der Waals surface area contributed by atoms with E-state index in [1.807, 2.05) is 19.1 Å². The minimum Gasteiger partial charge on any atom is -0.505 e. The molecule has 4 aromatic carbocycles. The van der Waals surface area contributed by atoms with Crippen LogP contribution in [0.4, 0.5) is 15.8 Å². The number of aryl methyl sites for hydroxylation is 1. The number of carbonyl (C=O) groups excluding carboxylic acids is 4. The minimum atomic E-state index is -1.67. The fourth-order valence-electron chi connectivity index (χ4n) is 8.89. The monoisotopic (exact) mass is 685 g/mol. The molecule has 0 bridgehead atoms. The number of benzene rings is 4. The molecule has 10 nitrogen and oxygen atoms in total. The van der Waals surface area contributed by atoms with Gasteiger partial charge in [0.05, 0.1) is 40.1 Å². The zero-order valence-electron chi connectivity index (χ0n) is 27.3. The van der Waals surface area contributed by atoms with Crippen LogP contribution in [-0.4, -0.2) is 44.8 Å². The Morgan fingerprint density at radius 2 is 1.59 bits per heavy atom. The van der Waals surface area contributed by atoms with E-state index in [0.29, 0.717) is 16.8 Å². The predicted octanol–water partition coefficient (Wildman–Crippen LogP) is 5.73. The van der Waals surface area contributed by atoms with Gasteiger partial charge in [-0.25, -0.2) is 9.18 Å². The number of carbonyl (C=O) groups is 5. The Bertz CT molecular complexity index is 2190. The summed E-state index contributed by atoms with van der Waals surface area (Å²) in [4.78, 5) is 71.0. The van der Waals surface area contributed by atoms with Gasteiger partial charge in [0.25, 0.3) is 11.8 Å². The molecular formula is C40H32FN3O7. The second-order valence-electron chi connectivity index (χ2n) is 13.6. The lowest BCUT2D eigenvalue weighted by Gasteiger charge is -2.50. The first-order chi connectivity index (χ1) is 24.5. The summed E-state index contributed by atoms with van der Waals surface area (Å²) < 4.78 is 15.3. The standard InChI is InChI=1S/C40H32FN3O7/c1-21-13-15-24(16-14-21)42-44-36(47)30-20-29-26(17-18-27-32(29)37(48)43(35(27)46)25-10-5-7-22(19-25)38(49)50)33(28-11-6-12-31(41)34(28)45)40(30,39(44)51)23-8-3-2-4-9-23/h2-17,19,27,29-30,32-33,42,45H,18,20H2,1H3,(H,49,50). The number of aromatic carboxylic acids is 1. The number of rotatable bonds is 6. The number of carboxylic acid groups (broad SMARTS) is 1. The first kappa shape index (κ1) is 32.1. The van der Waals surface area contributed by atoms with Gasteiger partial charge in [0.2, 0.25) is 11.8 Å². The molecule has 4 aliphatic rings. The highest BCUT2D eigenvalue weighted by atomic mass is 19.1. The molecule has 1 saturated carbocycles. The summed E-state index contributed by atoms with van der Waals surface area (Å²) in [5.41, 5.74) is 3.94. The molecule has 3 fully saturated rings. The van der Waals surface area contributed by atoms with Crippen molar-refractivity contribution in [2.24, 2.45) is 23.7 Å². The third kappa shape index (κ3) is 4.64. The number of aromatic hydroxyl groups is 1. The molecule has 3 N–H and O–H groups in total. The fourth-order valence-corrected chi connectivity index (χ4v) is 8.89. The maximum Gasteiger partial charge on any atom is 0.335 e. The lowest BCUT2D eigenvalue weighted by atomic mass is 9.49. The van der Waals surface area contributed by atoms with Crippen molar-refractivity contribution in [1.29, 1.82) is 0 Å². The molecule has 2 aliphatic heterocycles. The molecule has 51 heavy (non-hydrogen) atoms. The molecule has 256 valence electrons. The van der Waals surface area contributed by atoms with Gasteiger partial charge < -0.3 is 10.2 Å². The maximum atomic E-state index is 15.3. The molecule has 8 rings (SSSR count). The Morgan fingerprint density at radius 1 is 0.863 bits per heavy atom. The van der Waals surface area contributed by atoms with Crippen LogP contribution in [-0.2, 0) is 24.6 Å².